The van der Waals surface area contributed by atoms with E-state index in [2.05, 4.69) is 75.5 Å². The lowest BCUT2D eigenvalue weighted by atomic mass is 9.94. The lowest BCUT2D eigenvalue weighted by molar-refractivity contribution is 0.466. The second kappa shape index (κ2) is 8.46. The van der Waals surface area contributed by atoms with Crippen LogP contribution in [0, 0.1) is 27.7 Å². The Labute approximate surface area is 174 Å². The summed E-state index contributed by atoms with van der Waals surface area (Å²) in [6.45, 7) is 9.42. The molecule has 0 aliphatic heterocycles. The summed E-state index contributed by atoms with van der Waals surface area (Å²) >= 11 is 0. The number of nitrogens with zero attached hydrogens (tertiary/aromatic N) is 2. The average molecular weight is 386 g/mol. The van der Waals surface area contributed by atoms with Crippen LogP contribution in [0.2, 0.25) is 0 Å². The van der Waals surface area contributed by atoms with Gasteiger partial charge in [0.1, 0.15) is 0 Å². The second-order valence-corrected chi connectivity index (χ2v) is 8.47. The van der Waals surface area contributed by atoms with Crippen LogP contribution in [0.4, 0.5) is 0 Å². The van der Waals surface area contributed by atoms with Crippen LogP contribution >= 0.6 is 0 Å². The third kappa shape index (κ3) is 4.25. The quantitative estimate of drug-likeness (QED) is 0.603. The van der Waals surface area contributed by atoms with Crippen molar-refractivity contribution in [3.63, 3.8) is 0 Å². The van der Waals surface area contributed by atoms with Crippen LogP contribution in [0.1, 0.15) is 59.0 Å². The number of nitrogens with one attached hydrogen (secondary N) is 1. The fraction of sp³-hybridized carbons (Fsp3) is 0.385. The van der Waals surface area contributed by atoms with Crippen molar-refractivity contribution in [3.8, 4) is 11.1 Å². The lowest BCUT2D eigenvalue weighted by Gasteiger charge is -2.23. The van der Waals surface area contributed by atoms with Crippen molar-refractivity contribution in [2.75, 3.05) is 0 Å². The van der Waals surface area contributed by atoms with E-state index in [4.69, 9.17) is 9.97 Å². The van der Waals surface area contributed by atoms with Gasteiger partial charge in [-0.25, -0.2) is 0 Å². The molecule has 0 bridgehead atoms. The molecule has 3 nitrogen and oxygen atoms in total. The number of rotatable bonds is 5. The Kier molecular flexibility index (Phi) is 5.77. The third-order valence-corrected chi connectivity index (χ3v) is 6.39. The van der Waals surface area contributed by atoms with Crippen molar-refractivity contribution in [3.05, 3.63) is 82.4 Å². The smallest absolute Gasteiger partial charge is 0.0542 e. The molecule has 3 aromatic rings. The first-order chi connectivity index (χ1) is 14.0. The van der Waals surface area contributed by atoms with Gasteiger partial charge >= 0.3 is 0 Å². The zero-order valence-electron chi connectivity index (χ0n) is 18.0. The zero-order valence-corrected chi connectivity index (χ0v) is 18.0. The summed E-state index contributed by atoms with van der Waals surface area (Å²) in [5.74, 6) is 0.501. The third-order valence-electron chi connectivity index (χ3n) is 6.39. The number of aryl methyl sites for hydroxylation is 4. The molecule has 1 aliphatic rings. The van der Waals surface area contributed by atoms with Gasteiger partial charge in [-0.15, -0.1) is 0 Å². The molecule has 1 fully saturated rings. The van der Waals surface area contributed by atoms with Crippen LogP contribution in [0.5, 0.6) is 0 Å². The van der Waals surface area contributed by atoms with Gasteiger partial charge in [-0.05, 0) is 68.9 Å². The molecule has 150 valence electrons. The van der Waals surface area contributed by atoms with E-state index in [1.165, 1.54) is 52.8 Å². The summed E-state index contributed by atoms with van der Waals surface area (Å²) in [6, 6.07) is 15.6. The minimum atomic E-state index is 0.473. The van der Waals surface area contributed by atoms with Crippen LogP contribution < -0.4 is 5.32 Å². The summed E-state index contributed by atoms with van der Waals surface area (Å²) in [5, 5.41) is 3.78. The molecule has 29 heavy (non-hydrogen) atoms. The van der Waals surface area contributed by atoms with Crippen molar-refractivity contribution in [2.24, 2.45) is 0 Å². The van der Waals surface area contributed by atoms with Crippen molar-refractivity contribution >= 4 is 0 Å². The SMILES string of the molecule is Cc1ccccc1-c1ccc(CNC2CCCC2c2nc(C)c(C)cc2C)nc1. The fourth-order valence-electron chi connectivity index (χ4n) is 4.59. The van der Waals surface area contributed by atoms with E-state index in [-0.39, 0.29) is 0 Å². The van der Waals surface area contributed by atoms with Gasteiger partial charge < -0.3 is 5.32 Å². The lowest BCUT2D eigenvalue weighted by Crippen LogP contribution is -2.32. The van der Waals surface area contributed by atoms with Crippen LogP contribution in [0.15, 0.2) is 48.7 Å². The molecule has 2 atom stereocenters. The minimum Gasteiger partial charge on any atom is -0.308 e. The molecule has 1 saturated carbocycles. The number of hydrogen-bond donors (Lipinski definition) is 1. The molecule has 1 aliphatic carbocycles. The fourth-order valence-corrected chi connectivity index (χ4v) is 4.59. The molecule has 0 saturated heterocycles. The van der Waals surface area contributed by atoms with E-state index in [9.17, 15) is 0 Å². The van der Waals surface area contributed by atoms with Gasteiger partial charge in [-0.3, -0.25) is 9.97 Å². The first-order valence-corrected chi connectivity index (χ1v) is 10.7. The highest BCUT2D eigenvalue weighted by molar-refractivity contribution is 5.66. The van der Waals surface area contributed by atoms with Gasteiger partial charge in [-0.2, -0.15) is 0 Å². The van der Waals surface area contributed by atoms with Gasteiger partial charge in [0.05, 0.1) is 5.69 Å². The molecule has 3 heteroatoms. The van der Waals surface area contributed by atoms with Crippen molar-refractivity contribution in [2.45, 2.75) is 65.5 Å². The summed E-state index contributed by atoms with van der Waals surface area (Å²) in [5.41, 5.74) is 9.87. The normalized spacial score (nSPS) is 18.9. The van der Waals surface area contributed by atoms with E-state index in [1.54, 1.807) is 0 Å². The Morgan fingerprint density at radius 2 is 1.76 bits per heavy atom. The highest BCUT2D eigenvalue weighted by atomic mass is 15.0. The summed E-state index contributed by atoms with van der Waals surface area (Å²) in [4.78, 5) is 9.68. The van der Waals surface area contributed by atoms with E-state index in [1.807, 2.05) is 6.20 Å². The first kappa shape index (κ1) is 19.8. The molecule has 0 spiro atoms. The van der Waals surface area contributed by atoms with E-state index >= 15 is 0 Å². The average Bonchev–Trinajstić information content (AvgIpc) is 3.18. The maximum Gasteiger partial charge on any atom is 0.0542 e. The predicted molar refractivity (Wildman–Crippen MR) is 120 cm³/mol. The molecule has 4 rings (SSSR count). The van der Waals surface area contributed by atoms with Crippen LogP contribution in [0.25, 0.3) is 11.1 Å². The van der Waals surface area contributed by atoms with Crippen LogP contribution in [-0.4, -0.2) is 16.0 Å². The van der Waals surface area contributed by atoms with Crippen molar-refractivity contribution in [1.29, 1.82) is 0 Å². The molecule has 2 heterocycles. The zero-order chi connectivity index (χ0) is 20.4. The van der Waals surface area contributed by atoms with Gasteiger partial charge in [0.25, 0.3) is 0 Å². The Morgan fingerprint density at radius 1 is 0.931 bits per heavy atom. The Bertz CT molecular complexity index is 991. The molecule has 1 aromatic carbocycles. The van der Waals surface area contributed by atoms with Crippen LogP contribution in [0.3, 0.4) is 0 Å². The number of benzene rings is 1. The van der Waals surface area contributed by atoms with E-state index in [0.29, 0.717) is 12.0 Å². The molecule has 2 aromatic heterocycles. The van der Waals surface area contributed by atoms with Gasteiger partial charge in [-0.1, -0.05) is 42.8 Å². The van der Waals surface area contributed by atoms with Crippen molar-refractivity contribution in [1.82, 2.24) is 15.3 Å². The van der Waals surface area contributed by atoms with Crippen molar-refractivity contribution < 1.29 is 0 Å². The standard InChI is InChI=1S/C26H31N3/c1-17-8-5-6-9-23(17)21-12-13-22(27-15-21)16-28-25-11-7-10-24(25)26-19(3)14-18(2)20(4)29-26/h5-6,8-9,12-15,24-25,28H,7,10-11,16H2,1-4H3. The second-order valence-electron chi connectivity index (χ2n) is 8.47. The first-order valence-electron chi connectivity index (χ1n) is 10.7. The molecular weight excluding hydrogens is 354 g/mol. The molecule has 2 unspecified atom stereocenters. The Morgan fingerprint density at radius 3 is 2.52 bits per heavy atom. The van der Waals surface area contributed by atoms with Gasteiger partial charge in [0.15, 0.2) is 0 Å². The predicted octanol–water partition coefficient (Wildman–Crippen LogP) is 5.80. The van der Waals surface area contributed by atoms with E-state index in [0.717, 1.165) is 17.9 Å². The molecular formula is C26H31N3. The van der Waals surface area contributed by atoms with Gasteiger partial charge in [0, 0.05) is 41.7 Å². The molecule has 0 amide bonds. The Balaban J connectivity index is 1.45. The monoisotopic (exact) mass is 385 g/mol. The van der Waals surface area contributed by atoms with Crippen LogP contribution in [-0.2, 0) is 6.54 Å². The van der Waals surface area contributed by atoms with E-state index < -0.39 is 0 Å². The number of hydrogen-bond acceptors (Lipinski definition) is 3. The molecule has 1 N–H and O–H groups in total. The summed E-state index contributed by atoms with van der Waals surface area (Å²) < 4.78 is 0. The number of pyridine rings is 2. The maximum atomic E-state index is 4.96. The highest BCUT2D eigenvalue weighted by Gasteiger charge is 2.30. The summed E-state index contributed by atoms with van der Waals surface area (Å²) in [7, 11) is 0. The minimum absolute atomic E-state index is 0.473. The van der Waals surface area contributed by atoms with Gasteiger partial charge in [0.2, 0.25) is 0 Å². The largest absolute Gasteiger partial charge is 0.308 e. The topological polar surface area (TPSA) is 37.8 Å². The molecule has 0 radical (unpaired) electrons. The summed E-state index contributed by atoms with van der Waals surface area (Å²) in [6.07, 6.45) is 5.68. The highest BCUT2D eigenvalue weighted by Crippen LogP contribution is 2.36. The number of aromatic nitrogens is 2. The maximum absolute atomic E-state index is 4.96. The Hall–Kier alpha value is -2.52.